The maximum atomic E-state index is 6.10. The summed E-state index contributed by atoms with van der Waals surface area (Å²) < 4.78 is 5.34. The van der Waals surface area contributed by atoms with E-state index < -0.39 is 0 Å². The number of nitrogens with two attached hydrogens (primary N) is 1. The van der Waals surface area contributed by atoms with Crippen molar-refractivity contribution in [3.05, 3.63) is 35.4 Å². The predicted octanol–water partition coefficient (Wildman–Crippen LogP) is 1.70. The first-order chi connectivity index (χ1) is 10.7. The largest absolute Gasteiger partial charge is 0.378 e. The van der Waals surface area contributed by atoms with Crippen molar-refractivity contribution >= 4 is 29.9 Å². The Balaban J connectivity index is 0.00000192. The highest BCUT2D eigenvalue weighted by molar-refractivity contribution is 14.0. The summed E-state index contributed by atoms with van der Waals surface area (Å²) in [5, 5.41) is 0. The number of morpholine rings is 1. The quantitative estimate of drug-likeness (QED) is 0.451. The van der Waals surface area contributed by atoms with E-state index in [1.807, 2.05) is 0 Å². The second-order valence-electron chi connectivity index (χ2n) is 6.14. The lowest BCUT2D eigenvalue weighted by Gasteiger charge is -2.33. The van der Waals surface area contributed by atoms with Gasteiger partial charge in [-0.2, -0.15) is 0 Å². The van der Waals surface area contributed by atoms with Crippen molar-refractivity contribution in [2.24, 2.45) is 10.7 Å². The van der Waals surface area contributed by atoms with Crippen LogP contribution in [0.3, 0.4) is 0 Å². The molecule has 1 aromatic rings. The van der Waals surface area contributed by atoms with Gasteiger partial charge >= 0.3 is 0 Å². The number of fused-ring (bicyclic) bond motifs is 1. The average molecular weight is 430 g/mol. The van der Waals surface area contributed by atoms with Crippen molar-refractivity contribution in [2.75, 3.05) is 39.4 Å². The van der Waals surface area contributed by atoms with Crippen molar-refractivity contribution in [2.45, 2.75) is 25.9 Å². The second kappa shape index (κ2) is 8.84. The zero-order chi connectivity index (χ0) is 15.4. The molecule has 1 unspecified atom stereocenters. The van der Waals surface area contributed by atoms with Gasteiger partial charge in [-0.1, -0.05) is 24.3 Å². The highest BCUT2D eigenvalue weighted by atomic mass is 127. The van der Waals surface area contributed by atoms with Crippen LogP contribution < -0.4 is 5.73 Å². The van der Waals surface area contributed by atoms with Crippen LogP contribution >= 0.6 is 24.0 Å². The van der Waals surface area contributed by atoms with Crippen LogP contribution in [0.1, 0.15) is 18.1 Å². The number of guanidine groups is 1. The van der Waals surface area contributed by atoms with Gasteiger partial charge in [0.2, 0.25) is 0 Å². The van der Waals surface area contributed by atoms with E-state index in [0.29, 0.717) is 12.0 Å². The number of halogens is 1. The van der Waals surface area contributed by atoms with Gasteiger partial charge in [0.25, 0.3) is 0 Å². The van der Waals surface area contributed by atoms with Gasteiger partial charge < -0.3 is 15.4 Å². The molecule has 0 bridgehead atoms. The minimum absolute atomic E-state index is 0. The van der Waals surface area contributed by atoms with Gasteiger partial charge in [-0.15, -0.1) is 24.0 Å². The molecule has 2 heterocycles. The van der Waals surface area contributed by atoms with Gasteiger partial charge in [-0.05, 0) is 24.5 Å². The predicted molar refractivity (Wildman–Crippen MR) is 104 cm³/mol. The molecule has 128 valence electrons. The lowest BCUT2D eigenvalue weighted by molar-refractivity contribution is 0.0673. The summed E-state index contributed by atoms with van der Waals surface area (Å²) in [5.74, 6) is 0.660. The molecule has 0 aliphatic carbocycles. The summed E-state index contributed by atoms with van der Waals surface area (Å²) in [6.07, 6.45) is 1.13. The van der Waals surface area contributed by atoms with Crippen molar-refractivity contribution in [1.29, 1.82) is 0 Å². The van der Waals surface area contributed by atoms with E-state index in [1.54, 1.807) is 0 Å². The molecular formula is C17H27IN4O. The highest BCUT2D eigenvalue weighted by Crippen LogP contribution is 2.20. The summed E-state index contributed by atoms with van der Waals surface area (Å²) in [7, 11) is 0. The molecule has 1 aromatic carbocycles. The number of benzene rings is 1. The zero-order valence-electron chi connectivity index (χ0n) is 13.8. The van der Waals surface area contributed by atoms with Gasteiger partial charge in [0.1, 0.15) is 0 Å². The Morgan fingerprint density at radius 3 is 2.65 bits per heavy atom. The van der Waals surface area contributed by atoms with Gasteiger partial charge in [-0.3, -0.25) is 9.89 Å². The molecule has 0 spiro atoms. The third-order valence-corrected chi connectivity index (χ3v) is 4.64. The molecule has 1 fully saturated rings. The third-order valence-electron chi connectivity index (χ3n) is 4.64. The van der Waals surface area contributed by atoms with Crippen LogP contribution in [0, 0.1) is 0 Å². The van der Waals surface area contributed by atoms with Crippen LogP contribution in [0.25, 0.3) is 0 Å². The lowest BCUT2D eigenvalue weighted by Crippen LogP contribution is -2.45. The number of ether oxygens (including phenoxy) is 1. The Labute approximate surface area is 155 Å². The van der Waals surface area contributed by atoms with E-state index in [1.165, 1.54) is 11.1 Å². The average Bonchev–Trinajstić information content (AvgIpc) is 2.59. The Morgan fingerprint density at radius 1 is 1.22 bits per heavy atom. The van der Waals surface area contributed by atoms with Gasteiger partial charge in [-0.25, -0.2) is 0 Å². The van der Waals surface area contributed by atoms with Crippen molar-refractivity contribution in [1.82, 2.24) is 9.80 Å². The summed E-state index contributed by atoms with van der Waals surface area (Å²) in [5.41, 5.74) is 9.04. The molecule has 1 saturated heterocycles. The first-order valence-electron chi connectivity index (χ1n) is 8.17. The summed E-state index contributed by atoms with van der Waals surface area (Å²) in [6.45, 7) is 8.30. The Kier molecular flexibility index (Phi) is 7.10. The molecule has 6 heteroatoms. The SMILES string of the molecule is CC(CN=C(N)N1CCOCC1)N1CCc2ccccc2C1.I. The fourth-order valence-corrected chi connectivity index (χ4v) is 3.13. The smallest absolute Gasteiger partial charge is 0.191 e. The molecule has 0 saturated carbocycles. The fourth-order valence-electron chi connectivity index (χ4n) is 3.13. The monoisotopic (exact) mass is 430 g/mol. The van der Waals surface area contributed by atoms with E-state index in [4.69, 9.17) is 10.5 Å². The van der Waals surface area contributed by atoms with Crippen LogP contribution in [0.2, 0.25) is 0 Å². The molecule has 2 aliphatic rings. The minimum Gasteiger partial charge on any atom is -0.378 e. The first-order valence-corrected chi connectivity index (χ1v) is 8.17. The molecule has 5 nitrogen and oxygen atoms in total. The van der Waals surface area contributed by atoms with Crippen molar-refractivity contribution in [3.8, 4) is 0 Å². The number of rotatable bonds is 3. The van der Waals surface area contributed by atoms with Crippen LogP contribution in [0.15, 0.2) is 29.3 Å². The van der Waals surface area contributed by atoms with Gasteiger partial charge in [0.15, 0.2) is 5.96 Å². The lowest BCUT2D eigenvalue weighted by atomic mass is 9.99. The van der Waals surface area contributed by atoms with E-state index in [-0.39, 0.29) is 24.0 Å². The molecule has 23 heavy (non-hydrogen) atoms. The van der Waals surface area contributed by atoms with E-state index in [0.717, 1.165) is 52.4 Å². The van der Waals surface area contributed by atoms with E-state index in [2.05, 4.69) is 46.0 Å². The van der Waals surface area contributed by atoms with E-state index >= 15 is 0 Å². The first kappa shape index (κ1) is 18.5. The van der Waals surface area contributed by atoms with Crippen LogP contribution in [0.4, 0.5) is 0 Å². The number of hydrogen-bond donors (Lipinski definition) is 1. The highest BCUT2D eigenvalue weighted by Gasteiger charge is 2.20. The Bertz CT molecular complexity index is 531. The molecular weight excluding hydrogens is 403 g/mol. The zero-order valence-corrected chi connectivity index (χ0v) is 16.1. The number of nitrogens with zero attached hydrogens (tertiary/aromatic N) is 3. The van der Waals surface area contributed by atoms with E-state index in [9.17, 15) is 0 Å². The maximum absolute atomic E-state index is 6.10. The molecule has 1 atom stereocenters. The molecule has 0 amide bonds. The molecule has 0 radical (unpaired) electrons. The summed E-state index contributed by atoms with van der Waals surface area (Å²) in [6, 6.07) is 9.14. The van der Waals surface area contributed by atoms with Crippen molar-refractivity contribution in [3.63, 3.8) is 0 Å². The molecule has 0 aromatic heterocycles. The summed E-state index contributed by atoms with van der Waals surface area (Å²) in [4.78, 5) is 9.21. The third kappa shape index (κ3) is 4.81. The fraction of sp³-hybridized carbons (Fsp3) is 0.588. The second-order valence-corrected chi connectivity index (χ2v) is 6.14. The maximum Gasteiger partial charge on any atom is 0.191 e. The van der Waals surface area contributed by atoms with Crippen LogP contribution in [0.5, 0.6) is 0 Å². The van der Waals surface area contributed by atoms with Gasteiger partial charge in [0, 0.05) is 32.2 Å². The van der Waals surface area contributed by atoms with Crippen LogP contribution in [-0.4, -0.2) is 61.2 Å². The Morgan fingerprint density at radius 2 is 1.91 bits per heavy atom. The summed E-state index contributed by atoms with van der Waals surface area (Å²) >= 11 is 0. The normalized spacial score (nSPS) is 20.6. The van der Waals surface area contributed by atoms with Crippen LogP contribution in [-0.2, 0) is 17.7 Å². The number of aliphatic imine (C=N–C) groups is 1. The molecule has 3 rings (SSSR count). The van der Waals surface area contributed by atoms with Gasteiger partial charge in [0.05, 0.1) is 19.8 Å². The Hall–Kier alpha value is -0.860. The molecule has 2 N–H and O–H groups in total. The van der Waals surface area contributed by atoms with Crippen molar-refractivity contribution < 1.29 is 4.74 Å². The standard InChI is InChI=1S/C17H26N4O.HI/c1-14(12-19-17(18)20-8-10-22-11-9-20)21-7-6-15-4-2-3-5-16(15)13-21;/h2-5,14H,6-13H2,1H3,(H2,18,19);1H. The number of hydrogen-bond acceptors (Lipinski definition) is 3. The topological polar surface area (TPSA) is 54.1 Å². The molecule has 2 aliphatic heterocycles. The minimum atomic E-state index is 0.